The van der Waals surface area contributed by atoms with Gasteiger partial charge in [-0.25, -0.2) is 0 Å². The minimum atomic E-state index is -1.23. The molecule has 7 nitrogen and oxygen atoms in total. The number of Topliss-reactive ketones (excluding diaryl/α,β-unsaturated/α-hetero) is 1. The molecule has 0 aromatic carbocycles. The molecular weight excluding hydrogens is 250 g/mol. The van der Waals surface area contributed by atoms with E-state index in [9.17, 15) is 19.2 Å². The number of likely N-dealkylation sites (tertiary alicyclic amines) is 2. The van der Waals surface area contributed by atoms with Crippen molar-refractivity contribution in [1.29, 1.82) is 0 Å². The van der Waals surface area contributed by atoms with E-state index in [1.165, 1.54) is 9.80 Å². The van der Waals surface area contributed by atoms with E-state index < -0.39 is 17.7 Å². The van der Waals surface area contributed by atoms with E-state index in [0.29, 0.717) is 32.4 Å². The third kappa shape index (κ3) is 2.74. The number of nitrogens with two attached hydrogens (primary N) is 1. The minimum Gasteiger partial charge on any atom is -0.367 e. The Morgan fingerprint density at radius 3 is 2.21 bits per heavy atom. The van der Waals surface area contributed by atoms with Crippen molar-refractivity contribution < 1.29 is 19.2 Å². The van der Waals surface area contributed by atoms with Gasteiger partial charge in [0.05, 0.1) is 6.54 Å². The van der Waals surface area contributed by atoms with Gasteiger partial charge in [0.1, 0.15) is 0 Å². The summed E-state index contributed by atoms with van der Waals surface area (Å²) in [4.78, 5) is 49.3. The Balaban J connectivity index is 2.06. The second kappa shape index (κ2) is 5.38. The van der Waals surface area contributed by atoms with Gasteiger partial charge in [-0.2, -0.15) is 0 Å². The van der Waals surface area contributed by atoms with Crippen LogP contribution in [0, 0.1) is 0 Å². The molecule has 0 aromatic heterocycles. The van der Waals surface area contributed by atoms with Crippen molar-refractivity contribution in [2.75, 3.05) is 19.6 Å². The molecule has 0 aliphatic carbocycles. The molecule has 2 heterocycles. The molecule has 0 saturated carbocycles. The first kappa shape index (κ1) is 13.5. The zero-order valence-electron chi connectivity index (χ0n) is 10.6. The Bertz CT molecular complexity index is 435. The fraction of sp³-hybridized carbons (Fsp3) is 0.667. The fourth-order valence-electron chi connectivity index (χ4n) is 2.57. The molecule has 2 saturated heterocycles. The maximum Gasteiger partial charge on any atom is 0.248 e. The van der Waals surface area contributed by atoms with Crippen molar-refractivity contribution in [3.63, 3.8) is 0 Å². The first-order valence-electron chi connectivity index (χ1n) is 6.40. The zero-order valence-corrected chi connectivity index (χ0v) is 10.6. The van der Waals surface area contributed by atoms with E-state index in [4.69, 9.17) is 5.73 Å². The lowest BCUT2D eigenvalue weighted by Crippen LogP contribution is -2.53. The average Bonchev–Trinajstić information content (AvgIpc) is 2.90. The van der Waals surface area contributed by atoms with Crippen LogP contribution in [0.4, 0.5) is 0 Å². The highest BCUT2D eigenvalue weighted by Gasteiger charge is 2.38. The maximum absolute atomic E-state index is 12.1. The lowest BCUT2D eigenvalue weighted by atomic mass is 10.1. The number of ketones is 1. The quantitative estimate of drug-likeness (QED) is 0.622. The number of rotatable bonds is 5. The molecule has 0 spiro atoms. The predicted octanol–water partition coefficient (Wildman–Crippen LogP) is -1.35. The number of nitrogens with zero attached hydrogens (tertiary/aromatic N) is 2. The molecule has 0 radical (unpaired) electrons. The van der Waals surface area contributed by atoms with Gasteiger partial charge in [0, 0.05) is 25.9 Å². The van der Waals surface area contributed by atoms with E-state index in [-0.39, 0.29) is 18.4 Å². The maximum atomic E-state index is 12.1. The predicted molar refractivity (Wildman–Crippen MR) is 64.8 cm³/mol. The molecule has 0 aromatic rings. The summed E-state index contributed by atoms with van der Waals surface area (Å²) >= 11 is 0. The largest absolute Gasteiger partial charge is 0.367 e. The Morgan fingerprint density at radius 2 is 1.74 bits per heavy atom. The van der Waals surface area contributed by atoms with E-state index in [2.05, 4.69) is 0 Å². The van der Waals surface area contributed by atoms with Gasteiger partial charge in [-0.05, 0) is 12.8 Å². The molecular formula is C12H17N3O4. The summed E-state index contributed by atoms with van der Waals surface area (Å²) < 4.78 is 0. The van der Waals surface area contributed by atoms with Gasteiger partial charge in [0.15, 0.2) is 11.8 Å². The summed E-state index contributed by atoms with van der Waals surface area (Å²) in [5.74, 6) is -1.63. The summed E-state index contributed by atoms with van der Waals surface area (Å²) in [6.45, 7) is 0.742. The minimum absolute atomic E-state index is 0.0932. The fourth-order valence-corrected chi connectivity index (χ4v) is 2.57. The zero-order chi connectivity index (χ0) is 14.0. The molecule has 3 amide bonds. The first-order chi connectivity index (χ1) is 9.00. The third-order valence-electron chi connectivity index (χ3n) is 3.51. The van der Waals surface area contributed by atoms with Gasteiger partial charge in [0.2, 0.25) is 17.7 Å². The summed E-state index contributed by atoms with van der Waals surface area (Å²) in [5, 5.41) is 0. The molecule has 1 unspecified atom stereocenters. The van der Waals surface area contributed by atoms with Crippen LogP contribution in [-0.2, 0) is 19.2 Å². The Morgan fingerprint density at radius 1 is 1.11 bits per heavy atom. The second-order valence-corrected chi connectivity index (χ2v) is 4.88. The lowest BCUT2D eigenvalue weighted by Gasteiger charge is -2.25. The summed E-state index contributed by atoms with van der Waals surface area (Å²) in [5.41, 5.74) is 5.23. The van der Waals surface area contributed by atoms with Crippen LogP contribution in [0.3, 0.4) is 0 Å². The Hall–Kier alpha value is -1.92. The molecule has 104 valence electrons. The number of hydrogen-bond donors (Lipinski definition) is 1. The Labute approximate surface area is 110 Å². The molecule has 0 bridgehead atoms. The van der Waals surface area contributed by atoms with Crippen molar-refractivity contribution in [3.05, 3.63) is 0 Å². The number of amides is 3. The molecule has 7 heteroatoms. The molecule has 2 aliphatic heterocycles. The Kier molecular flexibility index (Phi) is 3.82. The van der Waals surface area contributed by atoms with Crippen molar-refractivity contribution in [2.45, 2.75) is 31.7 Å². The smallest absolute Gasteiger partial charge is 0.248 e. The highest BCUT2D eigenvalue weighted by atomic mass is 16.2. The van der Waals surface area contributed by atoms with Gasteiger partial charge in [-0.15, -0.1) is 0 Å². The van der Waals surface area contributed by atoms with Crippen LogP contribution in [0.2, 0.25) is 0 Å². The highest BCUT2D eigenvalue weighted by molar-refractivity contribution is 6.08. The number of hydrogen-bond acceptors (Lipinski definition) is 4. The molecule has 19 heavy (non-hydrogen) atoms. The topological polar surface area (TPSA) is 101 Å². The number of carbonyl (C=O) groups excluding carboxylic acids is 4. The molecule has 2 aliphatic rings. The van der Waals surface area contributed by atoms with Crippen LogP contribution in [-0.4, -0.2) is 59.0 Å². The van der Waals surface area contributed by atoms with Crippen molar-refractivity contribution in [2.24, 2.45) is 5.73 Å². The summed E-state index contributed by atoms with van der Waals surface area (Å²) in [6.07, 6.45) is 2.10. The molecule has 2 fully saturated rings. The summed E-state index contributed by atoms with van der Waals surface area (Å²) in [7, 11) is 0. The molecule has 2 N–H and O–H groups in total. The molecule has 1 atom stereocenters. The van der Waals surface area contributed by atoms with Crippen molar-refractivity contribution in [3.8, 4) is 0 Å². The van der Waals surface area contributed by atoms with Crippen LogP contribution in [0.25, 0.3) is 0 Å². The van der Waals surface area contributed by atoms with Gasteiger partial charge < -0.3 is 15.5 Å². The van der Waals surface area contributed by atoms with Crippen LogP contribution in [0.5, 0.6) is 0 Å². The van der Waals surface area contributed by atoms with E-state index in [1.54, 1.807) is 0 Å². The number of primary amides is 1. The average molecular weight is 267 g/mol. The first-order valence-corrected chi connectivity index (χ1v) is 6.40. The van der Waals surface area contributed by atoms with Crippen LogP contribution >= 0.6 is 0 Å². The highest BCUT2D eigenvalue weighted by Crippen LogP contribution is 2.16. The van der Waals surface area contributed by atoms with Crippen LogP contribution in [0.15, 0.2) is 0 Å². The van der Waals surface area contributed by atoms with Crippen LogP contribution in [0.1, 0.15) is 25.7 Å². The van der Waals surface area contributed by atoms with Gasteiger partial charge in [-0.3, -0.25) is 19.2 Å². The van der Waals surface area contributed by atoms with Crippen molar-refractivity contribution in [1.82, 2.24) is 9.80 Å². The number of carbonyl (C=O) groups is 4. The standard InChI is InChI=1S/C12H17N3O4/c13-12(19)11(15-6-2-4-10(15)18)8(16)7-14-5-1-3-9(14)17/h11H,1-7H2,(H2,13,19). The third-order valence-corrected chi connectivity index (χ3v) is 3.51. The van der Waals surface area contributed by atoms with Gasteiger partial charge in [-0.1, -0.05) is 0 Å². The monoisotopic (exact) mass is 267 g/mol. The SMILES string of the molecule is NC(=O)C(C(=O)CN1CCCC1=O)N1CCCC1=O. The van der Waals surface area contributed by atoms with E-state index in [1.807, 2.05) is 0 Å². The van der Waals surface area contributed by atoms with Gasteiger partial charge >= 0.3 is 0 Å². The van der Waals surface area contributed by atoms with Gasteiger partial charge in [0.25, 0.3) is 0 Å². The summed E-state index contributed by atoms with van der Waals surface area (Å²) in [6, 6.07) is -1.23. The van der Waals surface area contributed by atoms with Crippen molar-refractivity contribution >= 4 is 23.5 Å². The van der Waals surface area contributed by atoms with Crippen LogP contribution < -0.4 is 5.73 Å². The molecule has 2 rings (SSSR count). The lowest BCUT2D eigenvalue weighted by molar-refractivity contribution is -0.144. The second-order valence-electron chi connectivity index (χ2n) is 4.88. The van der Waals surface area contributed by atoms with E-state index >= 15 is 0 Å². The van der Waals surface area contributed by atoms with E-state index in [0.717, 1.165) is 6.42 Å². The normalized spacial score (nSPS) is 21.1.